The molecule has 0 bridgehead atoms. The van der Waals surface area contributed by atoms with Crippen molar-refractivity contribution in [3.63, 3.8) is 0 Å². The number of hydrogen-bond acceptors (Lipinski definition) is 4. The Morgan fingerprint density at radius 1 is 0.962 bits per heavy atom. The largest absolute Gasteiger partial charge is 0.298 e. The van der Waals surface area contributed by atoms with Gasteiger partial charge in [-0.15, -0.1) is 0 Å². The fraction of sp³-hybridized carbons (Fsp3) is 0.524. The molecule has 1 aliphatic carbocycles. The number of fused-ring (bicyclic) bond motifs is 1. The van der Waals surface area contributed by atoms with Gasteiger partial charge in [0.05, 0.1) is 13.3 Å². The van der Waals surface area contributed by atoms with Gasteiger partial charge in [0.25, 0.3) is 5.56 Å². The summed E-state index contributed by atoms with van der Waals surface area (Å²) < 4.78 is 1.86. The highest BCUT2D eigenvalue weighted by Gasteiger charge is 2.31. The lowest BCUT2D eigenvalue weighted by Crippen LogP contribution is -2.51. The third-order valence-electron chi connectivity index (χ3n) is 5.94. The van der Waals surface area contributed by atoms with Crippen molar-refractivity contribution < 1.29 is 0 Å². The van der Waals surface area contributed by atoms with E-state index in [2.05, 4.69) is 41.0 Å². The molecule has 138 valence electrons. The lowest BCUT2D eigenvalue weighted by Gasteiger charge is -2.43. The van der Waals surface area contributed by atoms with E-state index in [4.69, 9.17) is 4.98 Å². The molecule has 0 atom stereocenters. The molecule has 0 radical (unpaired) electrons. The van der Waals surface area contributed by atoms with Gasteiger partial charge in [-0.3, -0.25) is 19.2 Å². The Balaban J connectivity index is 1.79. The summed E-state index contributed by atoms with van der Waals surface area (Å²) in [6, 6.07) is 9.06. The molecule has 26 heavy (non-hydrogen) atoms. The molecule has 1 aromatic carbocycles. The molecule has 5 heteroatoms. The second-order valence-corrected chi connectivity index (χ2v) is 7.78. The predicted octanol–water partition coefficient (Wildman–Crippen LogP) is 3.87. The maximum Gasteiger partial charge on any atom is 0.259 e. The molecule has 1 saturated carbocycles. The SMILES string of the molecule is Cc1ccc(N2CN(C3CCCCC3)Cn3c2nc(C)c(C)c3=O)cc1. The summed E-state index contributed by atoms with van der Waals surface area (Å²) in [5.41, 5.74) is 4.00. The van der Waals surface area contributed by atoms with Gasteiger partial charge in [-0.05, 0) is 45.7 Å². The lowest BCUT2D eigenvalue weighted by molar-refractivity contribution is 0.107. The molecule has 1 fully saturated rings. The zero-order valence-electron chi connectivity index (χ0n) is 16.0. The Labute approximate surface area is 155 Å². The van der Waals surface area contributed by atoms with Crippen LogP contribution in [0.15, 0.2) is 29.1 Å². The summed E-state index contributed by atoms with van der Waals surface area (Å²) in [6.45, 7) is 7.35. The predicted molar refractivity (Wildman–Crippen MR) is 105 cm³/mol. The third-order valence-corrected chi connectivity index (χ3v) is 5.94. The van der Waals surface area contributed by atoms with E-state index in [1.54, 1.807) is 0 Å². The van der Waals surface area contributed by atoms with Crippen LogP contribution in [0.2, 0.25) is 0 Å². The van der Waals surface area contributed by atoms with Gasteiger partial charge >= 0.3 is 0 Å². The highest BCUT2D eigenvalue weighted by Crippen LogP contribution is 2.31. The standard InChI is InChI=1S/C21H28N4O/c1-15-9-11-19(12-10-15)24-13-23(18-7-5-4-6-8-18)14-25-20(26)16(2)17(3)22-21(24)25/h9-12,18H,4-8,13-14H2,1-3H3. The van der Waals surface area contributed by atoms with E-state index in [-0.39, 0.29) is 5.56 Å². The van der Waals surface area contributed by atoms with Gasteiger partial charge < -0.3 is 0 Å². The smallest absolute Gasteiger partial charge is 0.259 e. The van der Waals surface area contributed by atoms with Gasteiger partial charge in [0, 0.05) is 23.0 Å². The molecule has 0 N–H and O–H groups in total. The van der Waals surface area contributed by atoms with Crippen molar-refractivity contribution in [2.75, 3.05) is 11.6 Å². The van der Waals surface area contributed by atoms with Gasteiger partial charge in [0.1, 0.15) is 0 Å². The number of aryl methyl sites for hydroxylation is 2. The number of hydrogen-bond donors (Lipinski definition) is 0. The van der Waals surface area contributed by atoms with E-state index in [0.717, 1.165) is 29.6 Å². The highest BCUT2D eigenvalue weighted by molar-refractivity contribution is 5.58. The molecule has 2 aliphatic rings. The molecule has 5 nitrogen and oxygen atoms in total. The Bertz CT molecular complexity index is 850. The molecule has 0 spiro atoms. The third kappa shape index (κ3) is 3.05. The fourth-order valence-corrected chi connectivity index (χ4v) is 4.15. The van der Waals surface area contributed by atoms with Crippen molar-refractivity contribution in [1.29, 1.82) is 0 Å². The second-order valence-electron chi connectivity index (χ2n) is 7.78. The van der Waals surface area contributed by atoms with Crippen LogP contribution >= 0.6 is 0 Å². The van der Waals surface area contributed by atoms with Crippen LogP contribution in [-0.2, 0) is 6.67 Å². The topological polar surface area (TPSA) is 41.4 Å². The van der Waals surface area contributed by atoms with Crippen LogP contribution in [0.5, 0.6) is 0 Å². The molecular formula is C21H28N4O. The Morgan fingerprint density at radius 2 is 1.65 bits per heavy atom. The van der Waals surface area contributed by atoms with E-state index < -0.39 is 0 Å². The van der Waals surface area contributed by atoms with Crippen LogP contribution in [-0.4, -0.2) is 27.2 Å². The molecule has 0 unspecified atom stereocenters. The van der Waals surface area contributed by atoms with Gasteiger partial charge in [-0.1, -0.05) is 37.0 Å². The summed E-state index contributed by atoms with van der Waals surface area (Å²) in [6.07, 6.45) is 6.37. The quantitative estimate of drug-likeness (QED) is 0.823. The monoisotopic (exact) mass is 352 g/mol. The number of anilines is 2. The Kier molecular flexibility index (Phi) is 4.57. The van der Waals surface area contributed by atoms with Crippen molar-refractivity contribution in [3.8, 4) is 0 Å². The van der Waals surface area contributed by atoms with Crippen molar-refractivity contribution in [1.82, 2.24) is 14.5 Å². The number of aromatic nitrogens is 2. The zero-order chi connectivity index (χ0) is 18.3. The van der Waals surface area contributed by atoms with E-state index in [9.17, 15) is 4.79 Å². The van der Waals surface area contributed by atoms with E-state index in [1.165, 1.54) is 37.7 Å². The average Bonchev–Trinajstić information content (AvgIpc) is 2.67. The van der Waals surface area contributed by atoms with E-state index in [1.807, 2.05) is 18.4 Å². The maximum atomic E-state index is 13.0. The highest BCUT2D eigenvalue weighted by atomic mass is 16.1. The molecular weight excluding hydrogens is 324 g/mol. The average molecular weight is 352 g/mol. The first kappa shape index (κ1) is 17.3. The summed E-state index contributed by atoms with van der Waals surface area (Å²) in [7, 11) is 0. The van der Waals surface area contributed by atoms with E-state index in [0.29, 0.717) is 12.7 Å². The summed E-state index contributed by atoms with van der Waals surface area (Å²) in [5, 5.41) is 0. The number of rotatable bonds is 2. The minimum atomic E-state index is 0.0881. The summed E-state index contributed by atoms with van der Waals surface area (Å²) >= 11 is 0. The first-order chi connectivity index (χ1) is 12.5. The van der Waals surface area contributed by atoms with Gasteiger partial charge in [0.2, 0.25) is 5.95 Å². The number of nitrogens with zero attached hydrogens (tertiary/aromatic N) is 4. The lowest BCUT2D eigenvalue weighted by atomic mass is 9.94. The van der Waals surface area contributed by atoms with Crippen LogP contribution in [0.3, 0.4) is 0 Å². The van der Waals surface area contributed by atoms with Crippen LogP contribution < -0.4 is 10.5 Å². The first-order valence-electron chi connectivity index (χ1n) is 9.71. The van der Waals surface area contributed by atoms with E-state index >= 15 is 0 Å². The van der Waals surface area contributed by atoms with Crippen molar-refractivity contribution in [2.45, 2.75) is 65.6 Å². The molecule has 2 aromatic rings. The minimum Gasteiger partial charge on any atom is -0.298 e. The Morgan fingerprint density at radius 3 is 2.35 bits per heavy atom. The molecule has 0 amide bonds. The van der Waals surface area contributed by atoms with Crippen LogP contribution in [0, 0.1) is 20.8 Å². The van der Waals surface area contributed by atoms with Crippen molar-refractivity contribution in [3.05, 3.63) is 51.4 Å². The normalized spacial score (nSPS) is 18.8. The fourth-order valence-electron chi connectivity index (χ4n) is 4.15. The van der Waals surface area contributed by atoms with Crippen LogP contribution in [0.4, 0.5) is 11.6 Å². The zero-order valence-corrected chi connectivity index (χ0v) is 16.0. The number of benzene rings is 1. The maximum absolute atomic E-state index is 13.0. The van der Waals surface area contributed by atoms with Crippen molar-refractivity contribution in [2.24, 2.45) is 0 Å². The van der Waals surface area contributed by atoms with Crippen molar-refractivity contribution >= 4 is 11.6 Å². The van der Waals surface area contributed by atoms with Gasteiger partial charge in [0.15, 0.2) is 0 Å². The molecule has 0 saturated heterocycles. The summed E-state index contributed by atoms with van der Waals surface area (Å²) in [5.74, 6) is 0.772. The summed E-state index contributed by atoms with van der Waals surface area (Å²) in [4.78, 5) is 22.4. The second kappa shape index (κ2) is 6.88. The van der Waals surface area contributed by atoms with Gasteiger partial charge in [-0.2, -0.15) is 0 Å². The minimum absolute atomic E-state index is 0.0881. The molecule has 2 heterocycles. The first-order valence-corrected chi connectivity index (χ1v) is 9.71. The molecule has 1 aliphatic heterocycles. The van der Waals surface area contributed by atoms with Crippen LogP contribution in [0.25, 0.3) is 0 Å². The molecule has 4 rings (SSSR count). The molecule has 1 aromatic heterocycles. The van der Waals surface area contributed by atoms with Crippen LogP contribution in [0.1, 0.15) is 48.9 Å². The Hall–Kier alpha value is -2.14. The van der Waals surface area contributed by atoms with Gasteiger partial charge in [-0.25, -0.2) is 4.98 Å².